The van der Waals surface area contributed by atoms with E-state index >= 15 is 0 Å². The molecule has 1 aliphatic carbocycles. The number of allylic oxidation sites excluding steroid dienone is 1. The van der Waals surface area contributed by atoms with Crippen molar-refractivity contribution in [3.8, 4) is 0 Å². The molecule has 0 aromatic heterocycles. The maximum Gasteiger partial charge on any atom is 0.0474 e. The molecule has 0 bridgehead atoms. The summed E-state index contributed by atoms with van der Waals surface area (Å²) in [4.78, 5) is 0. The van der Waals surface area contributed by atoms with E-state index in [0.717, 1.165) is 36.9 Å². The second kappa shape index (κ2) is 3.71. The predicted octanol–water partition coefficient (Wildman–Crippen LogP) is 3.82. The van der Waals surface area contributed by atoms with Crippen LogP contribution in [0.15, 0.2) is 29.3 Å². The molecule has 1 saturated heterocycles. The summed E-state index contributed by atoms with van der Waals surface area (Å²) in [6.45, 7) is 6.10. The average Bonchev–Trinajstić information content (AvgIpc) is 2.55. The monoisotopic (exact) mass is 278 g/mol. The molecule has 3 rings (SSSR count). The molecule has 1 heterocycles. The van der Waals surface area contributed by atoms with Crippen molar-refractivity contribution in [1.29, 1.82) is 0 Å². The molecule has 1 fully saturated rings. The van der Waals surface area contributed by atoms with Gasteiger partial charge in [0.05, 0.1) is 0 Å². The van der Waals surface area contributed by atoms with E-state index in [1.807, 2.05) is 0 Å². The second-order valence-electron chi connectivity index (χ2n) is 4.85. The number of fused-ring (bicyclic) bond motifs is 1. The molecular formula is C14H15BrO. The highest BCUT2D eigenvalue weighted by atomic mass is 79.9. The highest BCUT2D eigenvalue weighted by Crippen LogP contribution is 2.51. The zero-order valence-corrected chi connectivity index (χ0v) is 10.8. The van der Waals surface area contributed by atoms with Gasteiger partial charge in [-0.05, 0) is 48.1 Å². The molecule has 84 valence electrons. The van der Waals surface area contributed by atoms with Gasteiger partial charge in [-0.15, -0.1) is 0 Å². The molecule has 2 heteroatoms. The Morgan fingerprint density at radius 2 is 2.00 bits per heavy atom. The van der Waals surface area contributed by atoms with E-state index in [1.54, 1.807) is 0 Å². The van der Waals surface area contributed by atoms with Crippen molar-refractivity contribution in [3.05, 3.63) is 40.4 Å². The van der Waals surface area contributed by atoms with Gasteiger partial charge in [-0.2, -0.15) is 0 Å². The number of hydrogen-bond acceptors (Lipinski definition) is 1. The summed E-state index contributed by atoms with van der Waals surface area (Å²) in [5.74, 6) is 0. The Hall–Kier alpha value is -0.600. The summed E-state index contributed by atoms with van der Waals surface area (Å²) in [6.07, 6.45) is 3.40. The van der Waals surface area contributed by atoms with Crippen LogP contribution in [0.25, 0.3) is 5.57 Å². The highest BCUT2D eigenvalue weighted by Gasteiger charge is 2.41. The highest BCUT2D eigenvalue weighted by molar-refractivity contribution is 9.10. The lowest BCUT2D eigenvalue weighted by atomic mass is 9.75. The molecule has 2 aliphatic rings. The van der Waals surface area contributed by atoms with Crippen molar-refractivity contribution < 1.29 is 4.74 Å². The van der Waals surface area contributed by atoms with Gasteiger partial charge in [0.2, 0.25) is 0 Å². The summed E-state index contributed by atoms with van der Waals surface area (Å²) >= 11 is 3.54. The first-order chi connectivity index (χ1) is 7.71. The quantitative estimate of drug-likeness (QED) is 0.701. The van der Waals surface area contributed by atoms with Crippen LogP contribution in [-0.4, -0.2) is 13.2 Å². The number of rotatable bonds is 0. The number of halogens is 1. The van der Waals surface area contributed by atoms with E-state index in [0.29, 0.717) is 5.41 Å². The molecule has 0 amide bonds. The Bertz CT molecular complexity index is 444. The van der Waals surface area contributed by atoms with Crippen LogP contribution in [0.4, 0.5) is 0 Å². The van der Waals surface area contributed by atoms with Gasteiger partial charge < -0.3 is 4.74 Å². The summed E-state index contributed by atoms with van der Waals surface area (Å²) in [6, 6.07) is 6.57. The van der Waals surface area contributed by atoms with Crippen LogP contribution >= 0.6 is 15.9 Å². The minimum absolute atomic E-state index is 0.293. The zero-order chi connectivity index (χ0) is 11.2. The Morgan fingerprint density at radius 3 is 2.75 bits per heavy atom. The fourth-order valence-electron chi connectivity index (χ4n) is 2.98. The van der Waals surface area contributed by atoms with Gasteiger partial charge in [0.1, 0.15) is 0 Å². The molecular weight excluding hydrogens is 264 g/mol. The van der Waals surface area contributed by atoms with Gasteiger partial charge >= 0.3 is 0 Å². The third-order valence-electron chi connectivity index (χ3n) is 4.02. The van der Waals surface area contributed by atoms with Gasteiger partial charge in [-0.1, -0.05) is 28.6 Å². The van der Waals surface area contributed by atoms with Crippen LogP contribution in [-0.2, 0) is 11.2 Å². The van der Waals surface area contributed by atoms with Crippen LogP contribution in [0.2, 0.25) is 0 Å². The van der Waals surface area contributed by atoms with E-state index in [2.05, 4.69) is 40.7 Å². The lowest BCUT2D eigenvalue weighted by Gasteiger charge is -2.34. The fourth-order valence-corrected chi connectivity index (χ4v) is 3.34. The summed E-state index contributed by atoms with van der Waals surface area (Å²) in [7, 11) is 0. The average molecular weight is 279 g/mol. The second-order valence-corrected chi connectivity index (χ2v) is 5.77. The van der Waals surface area contributed by atoms with E-state index in [1.165, 1.54) is 16.7 Å². The molecule has 1 nitrogen and oxygen atoms in total. The Balaban J connectivity index is 2.02. The maximum absolute atomic E-state index is 5.48. The normalized spacial score (nSPS) is 22.4. The van der Waals surface area contributed by atoms with Crippen molar-refractivity contribution in [1.82, 2.24) is 0 Å². The van der Waals surface area contributed by atoms with Gasteiger partial charge in [0.25, 0.3) is 0 Å². The Kier molecular flexibility index (Phi) is 2.45. The van der Waals surface area contributed by atoms with Crippen LogP contribution in [0.3, 0.4) is 0 Å². The Labute approximate surface area is 105 Å². The molecule has 16 heavy (non-hydrogen) atoms. The van der Waals surface area contributed by atoms with Crippen molar-refractivity contribution in [2.24, 2.45) is 5.41 Å². The van der Waals surface area contributed by atoms with E-state index in [9.17, 15) is 0 Å². The molecule has 1 aromatic carbocycles. The van der Waals surface area contributed by atoms with Crippen LogP contribution < -0.4 is 0 Å². The summed E-state index contributed by atoms with van der Waals surface area (Å²) < 4.78 is 6.63. The molecule has 1 spiro atoms. The van der Waals surface area contributed by atoms with Crippen molar-refractivity contribution in [3.63, 3.8) is 0 Å². The molecule has 0 unspecified atom stereocenters. The first-order valence-corrected chi connectivity index (χ1v) is 6.57. The minimum atomic E-state index is 0.293. The van der Waals surface area contributed by atoms with E-state index < -0.39 is 0 Å². The van der Waals surface area contributed by atoms with E-state index in [4.69, 9.17) is 4.74 Å². The van der Waals surface area contributed by atoms with Crippen molar-refractivity contribution in [2.45, 2.75) is 19.3 Å². The number of hydrogen-bond donors (Lipinski definition) is 0. The standard InChI is InChI=1S/C14H15BrO/c1-10-13-8-12(15)3-2-11(13)9-14(10)4-6-16-7-5-14/h2-3,8H,1,4-7,9H2. The minimum Gasteiger partial charge on any atom is -0.381 e. The molecule has 1 aliphatic heterocycles. The van der Waals surface area contributed by atoms with Crippen LogP contribution in [0.1, 0.15) is 24.0 Å². The third-order valence-corrected chi connectivity index (χ3v) is 4.51. The maximum atomic E-state index is 5.48. The van der Waals surface area contributed by atoms with Crippen LogP contribution in [0.5, 0.6) is 0 Å². The van der Waals surface area contributed by atoms with Gasteiger partial charge in [-0.25, -0.2) is 0 Å². The first-order valence-electron chi connectivity index (χ1n) is 5.77. The lowest BCUT2D eigenvalue weighted by Crippen LogP contribution is -2.29. The summed E-state index contributed by atoms with van der Waals surface area (Å²) in [5.41, 5.74) is 4.43. The van der Waals surface area contributed by atoms with Crippen molar-refractivity contribution in [2.75, 3.05) is 13.2 Å². The molecule has 1 aromatic rings. The first kappa shape index (κ1) is 10.5. The fraction of sp³-hybridized carbons (Fsp3) is 0.429. The Morgan fingerprint density at radius 1 is 1.25 bits per heavy atom. The predicted molar refractivity (Wildman–Crippen MR) is 69.4 cm³/mol. The van der Waals surface area contributed by atoms with Gasteiger partial charge in [-0.3, -0.25) is 0 Å². The van der Waals surface area contributed by atoms with Crippen LogP contribution in [0, 0.1) is 5.41 Å². The third kappa shape index (κ3) is 1.47. The van der Waals surface area contributed by atoms with Gasteiger partial charge in [0.15, 0.2) is 0 Å². The molecule has 0 atom stereocenters. The molecule has 0 N–H and O–H groups in total. The molecule has 0 radical (unpaired) electrons. The van der Waals surface area contributed by atoms with Crippen molar-refractivity contribution >= 4 is 21.5 Å². The van der Waals surface area contributed by atoms with E-state index in [-0.39, 0.29) is 0 Å². The zero-order valence-electron chi connectivity index (χ0n) is 9.26. The number of benzene rings is 1. The van der Waals surface area contributed by atoms with Gasteiger partial charge in [0, 0.05) is 23.1 Å². The topological polar surface area (TPSA) is 9.23 Å². The largest absolute Gasteiger partial charge is 0.381 e. The lowest BCUT2D eigenvalue weighted by molar-refractivity contribution is 0.0440. The SMILES string of the molecule is C=C1c2cc(Br)ccc2CC12CCOCC2. The summed E-state index contributed by atoms with van der Waals surface area (Å²) in [5, 5.41) is 0. The number of ether oxygens (including phenoxy) is 1. The smallest absolute Gasteiger partial charge is 0.0474 e. The molecule has 0 saturated carbocycles.